The first-order valence-corrected chi connectivity index (χ1v) is 9.57. The molecule has 3 saturated carbocycles. The molecule has 1 unspecified atom stereocenters. The molecule has 4 aliphatic rings. The van der Waals surface area contributed by atoms with Gasteiger partial charge in [0.1, 0.15) is 0 Å². The zero-order chi connectivity index (χ0) is 18.9. The van der Waals surface area contributed by atoms with Crippen molar-refractivity contribution in [3.63, 3.8) is 0 Å². The van der Waals surface area contributed by atoms with Crippen molar-refractivity contribution in [1.29, 1.82) is 0 Å². The first-order chi connectivity index (χ1) is 12.1. The normalized spacial score (nSPS) is 46.8. The van der Waals surface area contributed by atoms with Crippen LogP contribution in [-0.2, 0) is 14.4 Å². The van der Waals surface area contributed by atoms with E-state index in [-0.39, 0.29) is 23.0 Å². The second-order valence-corrected chi connectivity index (χ2v) is 9.08. The number of carbonyl (C=O) groups is 3. The summed E-state index contributed by atoms with van der Waals surface area (Å²) in [5, 5.41) is 21.0. The maximum Gasteiger partial charge on any atom is 0.372 e. The number of Topliss-reactive ketones (excluding diaryl/α,β-unsaturated/α-hetero) is 1. The highest BCUT2D eigenvalue weighted by molar-refractivity contribution is 6.33. The molecule has 2 N–H and O–H groups in total. The highest BCUT2D eigenvalue weighted by Crippen LogP contribution is 2.67. The molecular weight excluding hydrogens is 332 g/mol. The lowest BCUT2D eigenvalue weighted by molar-refractivity contribution is -0.182. The summed E-state index contributed by atoms with van der Waals surface area (Å²) in [7, 11) is 0. The van der Waals surface area contributed by atoms with Crippen molar-refractivity contribution < 1.29 is 24.6 Å². The fraction of sp³-hybridized carbons (Fsp3) is 0.667. The van der Waals surface area contributed by atoms with E-state index in [0.29, 0.717) is 19.3 Å². The molecule has 0 aromatic rings. The van der Waals surface area contributed by atoms with Gasteiger partial charge in [0.25, 0.3) is 0 Å². The molecule has 0 amide bonds. The molecule has 0 heterocycles. The van der Waals surface area contributed by atoms with Gasteiger partial charge < -0.3 is 10.2 Å². The lowest BCUT2D eigenvalue weighted by Gasteiger charge is -2.60. The summed E-state index contributed by atoms with van der Waals surface area (Å²) >= 11 is 0. The number of carbonyl (C=O) groups excluding carboxylic acids is 2. The maximum absolute atomic E-state index is 12.3. The predicted octanol–water partition coefficient (Wildman–Crippen LogP) is 2.68. The Bertz CT molecular complexity index is 764. The van der Waals surface area contributed by atoms with Crippen molar-refractivity contribution in [2.24, 2.45) is 28.6 Å². The van der Waals surface area contributed by atoms with E-state index >= 15 is 0 Å². The molecule has 0 saturated heterocycles. The third-order valence-electron chi connectivity index (χ3n) is 8.27. The fourth-order valence-corrected chi connectivity index (χ4v) is 6.74. The van der Waals surface area contributed by atoms with Gasteiger partial charge in [0, 0.05) is 16.7 Å². The molecule has 26 heavy (non-hydrogen) atoms. The van der Waals surface area contributed by atoms with Gasteiger partial charge in [0.05, 0.1) is 5.60 Å². The largest absolute Gasteiger partial charge is 0.475 e. The lowest BCUT2D eigenvalue weighted by atomic mass is 9.46. The summed E-state index contributed by atoms with van der Waals surface area (Å²) < 4.78 is 0. The Hall–Kier alpha value is -1.75. The van der Waals surface area contributed by atoms with Crippen molar-refractivity contribution >= 4 is 17.5 Å². The molecule has 5 nitrogen and oxygen atoms in total. The zero-order valence-electron chi connectivity index (χ0n) is 15.3. The molecule has 0 aliphatic heterocycles. The number of carboxylic acids is 1. The third-order valence-corrected chi connectivity index (χ3v) is 8.27. The van der Waals surface area contributed by atoms with E-state index in [9.17, 15) is 24.6 Å². The predicted molar refractivity (Wildman–Crippen MR) is 94.2 cm³/mol. The topological polar surface area (TPSA) is 91.7 Å². The number of aliphatic hydroxyl groups is 1. The summed E-state index contributed by atoms with van der Waals surface area (Å²) in [6.07, 6.45) is 9.33. The van der Waals surface area contributed by atoms with Crippen LogP contribution in [0.15, 0.2) is 23.8 Å². The van der Waals surface area contributed by atoms with Gasteiger partial charge in [-0.05, 0) is 62.5 Å². The average Bonchev–Trinajstić information content (AvgIpc) is 2.86. The van der Waals surface area contributed by atoms with E-state index in [1.54, 1.807) is 12.2 Å². The summed E-state index contributed by atoms with van der Waals surface area (Å²) in [6.45, 7) is 4.06. The van der Waals surface area contributed by atoms with Crippen molar-refractivity contribution in [2.75, 3.05) is 0 Å². The molecule has 6 atom stereocenters. The molecular formula is C21H26O5. The van der Waals surface area contributed by atoms with Gasteiger partial charge in [0.15, 0.2) is 5.78 Å². The van der Waals surface area contributed by atoms with Gasteiger partial charge in [-0.15, -0.1) is 0 Å². The van der Waals surface area contributed by atoms with E-state index in [1.807, 2.05) is 13.0 Å². The Morgan fingerprint density at radius 3 is 2.54 bits per heavy atom. The van der Waals surface area contributed by atoms with Crippen LogP contribution in [0.4, 0.5) is 0 Å². The maximum atomic E-state index is 12.3. The van der Waals surface area contributed by atoms with Gasteiger partial charge in [0.2, 0.25) is 5.78 Å². The van der Waals surface area contributed by atoms with Crippen LogP contribution < -0.4 is 0 Å². The number of hydrogen-bond donors (Lipinski definition) is 2. The minimum absolute atomic E-state index is 0.0212. The lowest BCUT2D eigenvalue weighted by Crippen LogP contribution is -2.61. The highest BCUT2D eigenvalue weighted by Gasteiger charge is 2.67. The smallest absolute Gasteiger partial charge is 0.372 e. The Morgan fingerprint density at radius 2 is 1.85 bits per heavy atom. The van der Waals surface area contributed by atoms with E-state index in [2.05, 4.69) is 6.92 Å². The quantitative estimate of drug-likeness (QED) is 0.741. The molecule has 0 radical (unpaired) electrons. The van der Waals surface area contributed by atoms with E-state index < -0.39 is 28.7 Å². The molecule has 3 fully saturated rings. The Balaban J connectivity index is 1.72. The minimum Gasteiger partial charge on any atom is -0.475 e. The van der Waals surface area contributed by atoms with Crippen LogP contribution in [-0.4, -0.2) is 33.3 Å². The van der Waals surface area contributed by atoms with Crippen LogP contribution in [0, 0.1) is 28.6 Å². The minimum atomic E-state index is -1.39. The Kier molecular flexibility index (Phi) is 3.65. The van der Waals surface area contributed by atoms with Crippen molar-refractivity contribution in [1.82, 2.24) is 0 Å². The number of carboxylic acid groups (broad SMARTS) is 1. The monoisotopic (exact) mass is 358 g/mol. The number of fused-ring (bicyclic) bond motifs is 5. The molecule has 0 spiro atoms. The number of rotatable bonds is 2. The first kappa shape index (κ1) is 17.7. The molecule has 0 bridgehead atoms. The van der Waals surface area contributed by atoms with E-state index in [0.717, 1.165) is 24.8 Å². The van der Waals surface area contributed by atoms with E-state index in [1.165, 1.54) is 0 Å². The molecule has 0 aromatic carbocycles. The fourth-order valence-electron chi connectivity index (χ4n) is 6.74. The van der Waals surface area contributed by atoms with Crippen LogP contribution in [0.5, 0.6) is 0 Å². The molecule has 4 rings (SSSR count). The zero-order valence-corrected chi connectivity index (χ0v) is 15.3. The Labute approximate surface area is 153 Å². The van der Waals surface area contributed by atoms with Crippen molar-refractivity contribution in [3.8, 4) is 0 Å². The van der Waals surface area contributed by atoms with Crippen LogP contribution in [0.3, 0.4) is 0 Å². The number of ketones is 2. The highest BCUT2D eigenvalue weighted by atomic mass is 16.4. The second-order valence-electron chi connectivity index (χ2n) is 9.08. The van der Waals surface area contributed by atoms with Crippen LogP contribution in [0.1, 0.15) is 52.4 Å². The molecule has 0 aromatic heterocycles. The van der Waals surface area contributed by atoms with E-state index in [4.69, 9.17) is 0 Å². The SMILES string of the molecule is C[C@]12C=CC(=O)C=C1CC[C@@H]1[C@@H]2CC[C@]2(C)[C@@H](C(=O)C(=O)O)CCC12O. The van der Waals surface area contributed by atoms with Crippen LogP contribution in [0.2, 0.25) is 0 Å². The average molecular weight is 358 g/mol. The van der Waals surface area contributed by atoms with Crippen molar-refractivity contribution in [2.45, 2.75) is 58.0 Å². The van der Waals surface area contributed by atoms with Crippen molar-refractivity contribution in [3.05, 3.63) is 23.8 Å². The van der Waals surface area contributed by atoms with Gasteiger partial charge in [-0.1, -0.05) is 25.5 Å². The number of aliphatic carboxylic acids is 1. The number of hydrogen-bond acceptors (Lipinski definition) is 4. The summed E-state index contributed by atoms with van der Waals surface area (Å²) in [5.41, 5.74) is -0.789. The summed E-state index contributed by atoms with van der Waals surface area (Å²) in [6, 6.07) is 0. The van der Waals surface area contributed by atoms with Crippen LogP contribution >= 0.6 is 0 Å². The second kappa shape index (κ2) is 5.38. The van der Waals surface area contributed by atoms with Crippen LogP contribution in [0.25, 0.3) is 0 Å². The summed E-state index contributed by atoms with van der Waals surface area (Å²) in [4.78, 5) is 35.3. The van der Waals surface area contributed by atoms with Gasteiger partial charge in [-0.25, -0.2) is 4.79 Å². The standard InChI is InChI=1S/C21H26O5/c1-19-8-5-13(22)11-12(19)3-4-15-14(19)6-9-20(2)16(17(23)18(24)25)7-10-21(15,20)26/h5,8,11,14-16,26H,3-4,6-7,9-10H2,1-2H3,(H,24,25)/t14-,15+,16+,19-,20+,21?/m0/s1. The molecule has 5 heteroatoms. The van der Waals surface area contributed by atoms with Gasteiger partial charge in [-0.2, -0.15) is 0 Å². The molecule has 4 aliphatic carbocycles. The summed E-state index contributed by atoms with van der Waals surface area (Å²) in [5.74, 6) is -2.50. The Morgan fingerprint density at radius 1 is 1.12 bits per heavy atom. The molecule has 140 valence electrons. The number of allylic oxidation sites excluding steroid dienone is 4. The third kappa shape index (κ3) is 2.04. The van der Waals surface area contributed by atoms with Gasteiger partial charge in [-0.3, -0.25) is 9.59 Å². The first-order valence-electron chi connectivity index (χ1n) is 9.57. The van der Waals surface area contributed by atoms with Gasteiger partial charge >= 0.3 is 5.97 Å².